The van der Waals surface area contributed by atoms with Crippen LogP contribution in [0.25, 0.3) is 0 Å². The van der Waals surface area contributed by atoms with Gasteiger partial charge in [0.2, 0.25) is 5.91 Å². The van der Waals surface area contributed by atoms with Crippen LogP contribution in [0.3, 0.4) is 0 Å². The highest BCUT2D eigenvalue weighted by Gasteiger charge is 2.11. The van der Waals surface area contributed by atoms with Crippen LogP contribution >= 0.6 is 23.4 Å². The van der Waals surface area contributed by atoms with Crippen LogP contribution in [-0.4, -0.2) is 41.9 Å². The lowest BCUT2D eigenvalue weighted by Crippen LogP contribution is -2.35. The number of benzene rings is 1. The Kier molecular flexibility index (Phi) is 9.26. The van der Waals surface area contributed by atoms with Crippen molar-refractivity contribution in [2.24, 2.45) is 0 Å². The summed E-state index contributed by atoms with van der Waals surface area (Å²) in [6.07, 6.45) is 0.804. The Morgan fingerprint density at radius 3 is 2.46 bits per heavy atom. The molecule has 6 nitrogen and oxygen atoms in total. The highest BCUT2D eigenvalue weighted by molar-refractivity contribution is 8.00. The topological polar surface area (TPSA) is 84.5 Å². The Balaban J connectivity index is 2.17. The van der Waals surface area contributed by atoms with Crippen molar-refractivity contribution in [3.05, 3.63) is 29.3 Å². The molecular weight excluding hydrogens is 352 g/mol. The van der Waals surface area contributed by atoms with E-state index in [0.717, 1.165) is 18.2 Å². The van der Waals surface area contributed by atoms with Crippen molar-refractivity contribution in [2.75, 3.05) is 23.4 Å². The number of amides is 2. The van der Waals surface area contributed by atoms with E-state index in [0.29, 0.717) is 10.7 Å². The van der Waals surface area contributed by atoms with Gasteiger partial charge in [0, 0.05) is 16.8 Å². The smallest absolute Gasteiger partial charge is 0.316 e. The first kappa shape index (κ1) is 20.3. The lowest BCUT2D eigenvalue weighted by Gasteiger charge is -2.11. The zero-order valence-corrected chi connectivity index (χ0v) is 15.2. The quantitative estimate of drug-likeness (QED) is 0.650. The van der Waals surface area contributed by atoms with Crippen LogP contribution in [0, 0.1) is 0 Å². The summed E-state index contributed by atoms with van der Waals surface area (Å²) in [6, 6.07) is 6.77. The molecule has 132 valence electrons. The average molecular weight is 373 g/mol. The van der Waals surface area contributed by atoms with E-state index in [1.807, 2.05) is 13.8 Å². The molecule has 1 aromatic carbocycles. The van der Waals surface area contributed by atoms with Crippen molar-refractivity contribution in [3.63, 3.8) is 0 Å². The van der Waals surface area contributed by atoms with Gasteiger partial charge in [-0.1, -0.05) is 18.5 Å². The van der Waals surface area contributed by atoms with Gasteiger partial charge in [0.25, 0.3) is 5.91 Å². The molecule has 24 heavy (non-hydrogen) atoms. The van der Waals surface area contributed by atoms with Crippen LogP contribution in [0.5, 0.6) is 0 Å². The number of carbonyl (C=O) groups is 3. The van der Waals surface area contributed by atoms with Gasteiger partial charge >= 0.3 is 5.97 Å². The molecule has 0 heterocycles. The normalized spacial score (nSPS) is 11.5. The minimum atomic E-state index is -0.529. The molecule has 1 aromatic rings. The van der Waals surface area contributed by atoms with Crippen LogP contribution in [0.15, 0.2) is 24.3 Å². The molecule has 1 atom stereocenters. The summed E-state index contributed by atoms with van der Waals surface area (Å²) in [5, 5.41) is 5.97. The number of anilines is 1. The molecule has 2 amide bonds. The van der Waals surface area contributed by atoms with Gasteiger partial charge in [-0.3, -0.25) is 14.4 Å². The Bertz CT molecular complexity index is 566. The van der Waals surface area contributed by atoms with E-state index in [1.165, 1.54) is 0 Å². The number of hydrogen-bond acceptors (Lipinski definition) is 5. The number of halogens is 1. The highest BCUT2D eigenvalue weighted by atomic mass is 35.5. The van der Waals surface area contributed by atoms with E-state index in [9.17, 15) is 14.4 Å². The van der Waals surface area contributed by atoms with E-state index in [2.05, 4.69) is 10.6 Å². The van der Waals surface area contributed by atoms with Crippen molar-refractivity contribution in [1.82, 2.24) is 5.32 Å². The fourth-order valence-electron chi connectivity index (χ4n) is 1.56. The highest BCUT2D eigenvalue weighted by Crippen LogP contribution is 2.13. The third-order valence-corrected chi connectivity index (χ3v) is 4.12. The Morgan fingerprint density at radius 2 is 1.83 bits per heavy atom. The summed E-state index contributed by atoms with van der Waals surface area (Å²) in [7, 11) is 0. The molecule has 0 spiro atoms. The van der Waals surface area contributed by atoms with E-state index in [-0.39, 0.29) is 36.0 Å². The van der Waals surface area contributed by atoms with Crippen molar-refractivity contribution in [3.8, 4) is 0 Å². The first-order valence-electron chi connectivity index (χ1n) is 7.48. The molecule has 0 saturated carbocycles. The van der Waals surface area contributed by atoms with Gasteiger partial charge in [0.05, 0.1) is 11.5 Å². The number of rotatable bonds is 9. The summed E-state index contributed by atoms with van der Waals surface area (Å²) in [5.74, 6) is -0.979. The molecule has 0 unspecified atom stereocenters. The zero-order chi connectivity index (χ0) is 17.9. The Labute approximate surface area is 150 Å². The SMILES string of the molecule is CC[C@@H](C)NC(=O)COC(=O)CSCC(=O)Nc1ccc(Cl)cc1. The predicted molar refractivity (Wildman–Crippen MR) is 96.3 cm³/mol. The van der Waals surface area contributed by atoms with Crippen LogP contribution in [0.4, 0.5) is 5.69 Å². The van der Waals surface area contributed by atoms with E-state index in [1.54, 1.807) is 24.3 Å². The molecule has 0 aliphatic rings. The molecule has 0 aromatic heterocycles. The molecule has 0 aliphatic carbocycles. The van der Waals surface area contributed by atoms with E-state index >= 15 is 0 Å². The maximum atomic E-state index is 11.7. The van der Waals surface area contributed by atoms with Gasteiger partial charge in [-0.25, -0.2) is 0 Å². The molecule has 0 fully saturated rings. The Morgan fingerprint density at radius 1 is 1.17 bits per heavy atom. The van der Waals surface area contributed by atoms with Crippen molar-refractivity contribution >= 4 is 46.8 Å². The summed E-state index contributed by atoms with van der Waals surface area (Å²) < 4.78 is 4.84. The van der Waals surface area contributed by atoms with Crippen LogP contribution in [0.1, 0.15) is 20.3 Å². The second-order valence-electron chi connectivity index (χ2n) is 5.09. The summed E-state index contributed by atoms with van der Waals surface area (Å²) in [5.41, 5.74) is 0.634. The molecule has 1 rings (SSSR count). The minimum Gasteiger partial charge on any atom is -0.455 e. The lowest BCUT2D eigenvalue weighted by atomic mass is 10.2. The van der Waals surface area contributed by atoms with Crippen LogP contribution in [-0.2, 0) is 19.1 Å². The van der Waals surface area contributed by atoms with E-state index in [4.69, 9.17) is 16.3 Å². The molecule has 0 aliphatic heterocycles. The van der Waals surface area contributed by atoms with Crippen LogP contribution in [0.2, 0.25) is 5.02 Å². The fraction of sp³-hybridized carbons (Fsp3) is 0.438. The first-order chi connectivity index (χ1) is 11.4. The Hall–Kier alpha value is -1.73. The van der Waals surface area contributed by atoms with Gasteiger partial charge in [-0.15, -0.1) is 11.8 Å². The van der Waals surface area contributed by atoms with E-state index < -0.39 is 5.97 Å². The van der Waals surface area contributed by atoms with Crippen LogP contribution < -0.4 is 10.6 Å². The summed E-state index contributed by atoms with van der Waals surface area (Å²) >= 11 is 6.88. The monoisotopic (exact) mass is 372 g/mol. The van der Waals surface area contributed by atoms with Gasteiger partial charge in [0.1, 0.15) is 0 Å². The molecular formula is C16H21ClN2O4S. The minimum absolute atomic E-state index is 0.00461. The van der Waals surface area contributed by atoms with Crippen molar-refractivity contribution < 1.29 is 19.1 Å². The number of thioether (sulfide) groups is 1. The van der Waals surface area contributed by atoms with Gasteiger partial charge in [-0.2, -0.15) is 0 Å². The van der Waals surface area contributed by atoms with Gasteiger partial charge < -0.3 is 15.4 Å². The zero-order valence-electron chi connectivity index (χ0n) is 13.6. The van der Waals surface area contributed by atoms with Gasteiger partial charge in [-0.05, 0) is 37.6 Å². The fourth-order valence-corrected chi connectivity index (χ4v) is 2.30. The summed E-state index contributed by atoms with van der Waals surface area (Å²) in [6.45, 7) is 3.51. The lowest BCUT2D eigenvalue weighted by molar-refractivity contribution is -0.146. The first-order valence-corrected chi connectivity index (χ1v) is 9.02. The third-order valence-electron chi connectivity index (χ3n) is 2.97. The number of hydrogen-bond donors (Lipinski definition) is 2. The average Bonchev–Trinajstić information content (AvgIpc) is 2.55. The third kappa shape index (κ3) is 8.79. The summed E-state index contributed by atoms with van der Waals surface area (Å²) in [4.78, 5) is 34.7. The molecule has 0 saturated heterocycles. The second kappa shape index (κ2) is 10.9. The largest absolute Gasteiger partial charge is 0.455 e. The molecule has 8 heteroatoms. The maximum absolute atomic E-state index is 11.7. The standard InChI is InChI=1S/C16H21ClN2O4S/c1-3-11(2)18-14(20)8-23-16(22)10-24-9-15(21)19-13-6-4-12(17)5-7-13/h4-7,11H,3,8-10H2,1-2H3,(H,18,20)(H,19,21)/t11-/m1/s1. The van der Waals surface area contributed by atoms with Crippen molar-refractivity contribution in [1.29, 1.82) is 0 Å². The molecule has 2 N–H and O–H groups in total. The second-order valence-corrected chi connectivity index (χ2v) is 6.51. The number of nitrogens with one attached hydrogen (secondary N) is 2. The number of esters is 1. The van der Waals surface area contributed by atoms with Gasteiger partial charge in [0.15, 0.2) is 6.61 Å². The maximum Gasteiger partial charge on any atom is 0.316 e. The predicted octanol–water partition coefficient (Wildman–Crippen LogP) is 2.47. The molecule has 0 radical (unpaired) electrons. The molecule has 0 bridgehead atoms. The van der Waals surface area contributed by atoms with Crippen molar-refractivity contribution in [2.45, 2.75) is 26.3 Å². The number of ether oxygens (including phenoxy) is 1. The number of carbonyl (C=O) groups excluding carboxylic acids is 3.